The van der Waals surface area contributed by atoms with Gasteiger partial charge >= 0.3 is 0 Å². The van der Waals surface area contributed by atoms with Gasteiger partial charge in [-0.15, -0.1) is 24.9 Å². The number of benzene rings is 1. The summed E-state index contributed by atoms with van der Waals surface area (Å²) >= 11 is 5.52. The van der Waals surface area contributed by atoms with Crippen LogP contribution in [0.4, 0.5) is 5.69 Å². The van der Waals surface area contributed by atoms with Crippen LogP contribution < -0.4 is 9.64 Å². The summed E-state index contributed by atoms with van der Waals surface area (Å²) in [6, 6.07) is 5.97. The number of nitrogens with zero attached hydrogens (tertiary/aromatic N) is 3. The first kappa shape index (κ1) is 37.5. The molecule has 0 aromatic heterocycles. The van der Waals surface area contributed by atoms with Crippen molar-refractivity contribution in [3.05, 3.63) is 49.6 Å². The third kappa shape index (κ3) is 6.93. The number of hydrogen-bond acceptors (Lipinski definition) is 6. The first-order chi connectivity index (χ1) is 22.0. The molecule has 3 amide bonds. The van der Waals surface area contributed by atoms with Crippen molar-refractivity contribution < 1.29 is 24.2 Å². The lowest BCUT2D eigenvalue weighted by Gasteiger charge is -2.47. The molecule has 1 aromatic carbocycles. The number of aliphatic hydroxyl groups is 1. The Morgan fingerprint density at radius 3 is 2.26 bits per heavy atom. The molecule has 0 radical (unpaired) electrons. The molecule has 3 unspecified atom stereocenters. The van der Waals surface area contributed by atoms with Gasteiger partial charge in [-0.25, -0.2) is 0 Å². The Labute approximate surface area is 294 Å². The highest BCUT2D eigenvalue weighted by Gasteiger charge is 2.77. The minimum absolute atomic E-state index is 0.0602. The van der Waals surface area contributed by atoms with Crippen LogP contribution in [-0.4, -0.2) is 91.4 Å². The van der Waals surface area contributed by atoms with Crippen molar-refractivity contribution in [2.45, 2.75) is 101 Å². The summed E-state index contributed by atoms with van der Waals surface area (Å²) in [5.41, 5.74) is 0.0887. The summed E-state index contributed by atoms with van der Waals surface area (Å²) in [4.78, 5) is 50.0. The van der Waals surface area contributed by atoms with Crippen LogP contribution in [0, 0.1) is 23.2 Å². The maximum absolute atomic E-state index is 15.2. The number of rotatable bonds is 14. The molecule has 0 aliphatic carbocycles. The van der Waals surface area contributed by atoms with Crippen LogP contribution in [0.3, 0.4) is 0 Å². The van der Waals surface area contributed by atoms with E-state index in [-0.39, 0.29) is 52.3 Å². The topological polar surface area (TPSA) is 90.4 Å². The van der Waals surface area contributed by atoms with Gasteiger partial charge in [0, 0.05) is 34.4 Å². The van der Waals surface area contributed by atoms with Crippen LogP contribution in [-0.2, 0) is 14.4 Å². The molecule has 0 saturated carbocycles. The Morgan fingerprint density at radius 2 is 1.74 bits per heavy atom. The van der Waals surface area contributed by atoms with E-state index in [0.29, 0.717) is 31.0 Å². The Kier molecular flexibility index (Phi) is 11.4. The number of anilines is 1. The summed E-state index contributed by atoms with van der Waals surface area (Å²) in [5.74, 6) is -1.31. The molecule has 3 aliphatic heterocycles. The summed E-state index contributed by atoms with van der Waals surface area (Å²) in [7, 11) is 0. The molecule has 3 saturated heterocycles. The third-order valence-corrected chi connectivity index (χ3v) is 13.1. The Balaban J connectivity index is 1.84. The van der Waals surface area contributed by atoms with E-state index in [2.05, 4.69) is 63.7 Å². The maximum Gasteiger partial charge on any atom is 0.247 e. The summed E-state index contributed by atoms with van der Waals surface area (Å²) in [5, 5.41) is 10.5. The minimum atomic E-state index is -0.843. The molecule has 3 aliphatic rings. The normalized spacial score (nSPS) is 27.5. The molecule has 260 valence electrons. The van der Waals surface area contributed by atoms with Gasteiger partial charge in [0.05, 0.1) is 35.8 Å². The fraction of sp³-hybridized carbons (Fsp3) is 0.649. The zero-order valence-electron chi connectivity index (χ0n) is 29.4. The van der Waals surface area contributed by atoms with Crippen molar-refractivity contribution in [1.29, 1.82) is 0 Å². The predicted molar refractivity (Wildman–Crippen MR) is 195 cm³/mol. The number of aliphatic hydroxyl groups excluding tert-OH is 1. The second-order valence-corrected chi connectivity index (χ2v) is 18.1. The summed E-state index contributed by atoms with van der Waals surface area (Å²) < 4.78 is 4.78. The second kappa shape index (κ2) is 14.3. The Morgan fingerprint density at radius 1 is 1.13 bits per heavy atom. The second-order valence-electron chi connectivity index (χ2n) is 15.4. The molecule has 2 bridgehead atoms. The minimum Gasteiger partial charge on any atom is -0.494 e. The standard InChI is InChI=1S/C37H54BrN3O5S/c1-11-18-39(24-14-16-25(17-15-24)46-13-3)32(43)28-29-33(44)41(27(21-42)23(4)5)31(37(29)20-26(38)30(28)47-37)34(45)40(19-12-2)36(9,10)22-35(6,7)8/h11-12,14-17,23,26-31,42H,1-2,13,18-22H2,3-10H3/t26?,27-,28+,29-,30+,31?,37?/m0/s1. The molecule has 7 atom stereocenters. The van der Waals surface area contributed by atoms with E-state index in [9.17, 15) is 14.7 Å². The van der Waals surface area contributed by atoms with Gasteiger partial charge in [-0.05, 0) is 69.2 Å². The van der Waals surface area contributed by atoms with E-state index in [1.807, 2.05) is 49.9 Å². The van der Waals surface area contributed by atoms with Gasteiger partial charge < -0.3 is 24.5 Å². The van der Waals surface area contributed by atoms with Gasteiger partial charge in [0.1, 0.15) is 11.8 Å². The van der Waals surface area contributed by atoms with E-state index < -0.39 is 34.2 Å². The zero-order valence-corrected chi connectivity index (χ0v) is 31.8. The maximum atomic E-state index is 15.2. The highest BCUT2D eigenvalue weighted by atomic mass is 79.9. The first-order valence-corrected chi connectivity index (χ1v) is 18.6. The van der Waals surface area contributed by atoms with E-state index in [4.69, 9.17) is 4.74 Å². The lowest BCUT2D eigenvalue weighted by atomic mass is 9.70. The lowest BCUT2D eigenvalue weighted by molar-refractivity contribution is -0.150. The van der Waals surface area contributed by atoms with Crippen LogP contribution in [0.15, 0.2) is 49.6 Å². The number of carbonyl (C=O) groups excluding carboxylic acids is 3. The van der Waals surface area contributed by atoms with E-state index in [0.717, 1.165) is 6.42 Å². The number of alkyl halides is 1. The Bertz CT molecular complexity index is 1340. The average Bonchev–Trinajstić information content (AvgIpc) is 3.57. The fourth-order valence-corrected chi connectivity index (χ4v) is 12.0. The van der Waals surface area contributed by atoms with Gasteiger partial charge in [0.15, 0.2) is 0 Å². The molecule has 1 spiro atoms. The first-order valence-electron chi connectivity index (χ1n) is 16.8. The monoisotopic (exact) mass is 731 g/mol. The number of amides is 3. The number of halogens is 1. The van der Waals surface area contributed by atoms with Crippen LogP contribution in [0.5, 0.6) is 5.75 Å². The average molecular weight is 733 g/mol. The molecule has 8 nitrogen and oxygen atoms in total. The summed E-state index contributed by atoms with van der Waals surface area (Å²) in [6.07, 6.45) is 4.74. The van der Waals surface area contributed by atoms with Crippen LogP contribution in [0.1, 0.15) is 68.2 Å². The number of carbonyl (C=O) groups is 3. The van der Waals surface area contributed by atoms with Gasteiger partial charge in [-0.1, -0.05) is 62.7 Å². The van der Waals surface area contributed by atoms with Crippen LogP contribution in [0.2, 0.25) is 0 Å². The molecular formula is C37H54BrN3O5S. The van der Waals surface area contributed by atoms with Crippen molar-refractivity contribution in [1.82, 2.24) is 9.80 Å². The van der Waals surface area contributed by atoms with Crippen molar-refractivity contribution >= 4 is 51.1 Å². The predicted octanol–water partition coefficient (Wildman–Crippen LogP) is 6.32. The molecule has 47 heavy (non-hydrogen) atoms. The quantitative estimate of drug-likeness (QED) is 0.178. The Hall–Kier alpha value is -2.30. The SMILES string of the molecule is C=CCN(C(=O)[C@H]1[C@@H]2SC3(CC2Br)C(C(=O)N(CC=C)C(C)(C)CC(C)(C)C)N([C@@H](CO)C(C)C)C(=O)[C@H]13)c1ccc(OCC)cc1. The molecule has 1 N–H and O–H groups in total. The van der Waals surface area contributed by atoms with Crippen molar-refractivity contribution in [2.75, 3.05) is 31.2 Å². The van der Waals surface area contributed by atoms with E-state index >= 15 is 4.79 Å². The zero-order chi connectivity index (χ0) is 35.1. The van der Waals surface area contributed by atoms with E-state index in [1.165, 1.54) is 0 Å². The van der Waals surface area contributed by atoms with Gasteiger partial charge in [-0.2, -0.15) is 0 Å². The molecule has 4 rings (SSSR count). The molecular weight excluding hydrogens is 678 g/mol. The van der Waals surface area contributed by atoms with Crippen molar-refractivity contribution in [3.8, 4) is 5.75 Å². The molecule has 1 aromatic rings. The van der Waals surface area contributed by atoms with Gasteiger partial charge in [-0.3, -0.25) is 14.4 Å². The third-order valence-electron chi connectivity index (χ3n) is 9.87. The number of thioether (sulfide) groups is 1. The molecule has 3 heterocycles. The molecule has 10 heteroatoms. The van der Waals surface area contributed by atoms with E-state index in [1.54, 1.807) is 33.7 Å². The van der Waals surface area contributed by atoms with Crippen molar-refractivity contribution in [3.63, 3.8) is 0 Å². The van der Waals surface area contributed by atoms with Crippen molar-refractivity contribution in [2.24, 2.45) is 23.2 Å². The smallest absolute Gasteiger partial charge is 0.247 e. The highest BCUT2D eigenvalue weighted by Crippen LogP contribution is 2.68. The lowest BCUT2D eigenvalue weighted by Crippen LogP contribution is -2.62. The van der Waals surface area contributed by atoms with Gasteiger partial charge in [0.2, 0.25) is 17.7 Å². The van der Waals surface area contributed by atoms with Gasteiger partial charge in [0.25, 0.3) is 0 Å². The summed E-state index contributed by atoms with van der Waals surface area (Å²) in [6.45, 7) is 25.2. The highest BCUT2D eigenvalue weighted by molar-refractivity contribution is 9.09. The van der Waals surface area contributed by atoms with Crippen LogP contribution >= 0.6 is 27.7 Å². The number of ether oxygens (including phenoxy) is 1. The number of hydrogen-bond donors (Lipinski definition) is 1. The largest absolute Gasteiger partial charge is 0.494 e. The number of likely N-dealkylation sites (tertiary alicyclic amines) is 1. The molecule has 3 fully saturated rings. The van der Waals surface area contributed by atoms with Crippen LogP contribution in [0.25, 0.3) is 0 Å². The fourth-order valence-electron chi connectivity index (χ4n) is 8.43. The number of fused-ring (bicyclic) bond motifs is 1.